The Hall–Kier alpha value is -2.17. The number of benzene rings is 1. The zero-order chi connectivity index (χ0) is 14.7. The Morgan fingerprint density at radius 3 is 2.67 bits per heavy atom. The molecule has 1 aromatic carbocycles. The molecule has 0 bridgehead atoms. The van der Waals surface area contributed by atoms with Crippen molar-refractivity contribution in [1.29, 1.82) is 0 Å². The lowest BCUT2D eigenvalue weighted by Gasteiger charge is -2.27. The highest BCUT2D eigenvalue weighted by Crippen LogP contribution is 2.28. The molecule has 2 heterocycles. The van der Waals surface area contributed by atoms with Crippen molar-refractivity contribution in [2.24, 2.45) is 0 Å². The number of rotatable bonds is 3. The third-order valence-corrected chi connectivity index (χ3v) is 3.78. The van der Waals surface area contributed by atoms with Gasteiger partial charge in [0.1, 0.15) is 23.7 Å². The number of piperidine rings is 1. The van der Waals surface area contributed by atoms with Crippen molar-refractivity contribution in [2.75, 3.05) is 25.1 Å². The highest BCUT2D eigenvalue weighted by atomic mass is 19.1. The lowest BCUT2D eigenvalue weighted by Crippen LogP contribution is -2.30. The number of aromatic nitrogens is 2. The van der Waals surface area contributed by atoms with Gasteiger partial charge in [-0.2, -0.15) is 0 Å². The van der Waals surface area contributed by atoms with Crippen molar-refractivity contribution in [3.8, 4) is 17.0 Å². The molecule has 0 aliphatic carbocycles. The normalized spacial score (nSPS) is 15.0. The highest BCUT2D eigenvalue weighted by Gasteiger charge is 2.15. The molecule has 1 aliphatic heterocycles. The monoisotopic (exact) mass is 287 g/mol. The van der Waals surface area contributed by atoms with Gasteiger partial charge in [0, 0.05) is 24.7 Å². The molecule has 0 N–H and O–H groups in total. The van der Waals surface area contributed by atoms with E-state index in [1.807, 2.05) is 6.07 Å². The van der Waals surface area contributed by atoms with Gasteiger partial charge in [-0.1, -0.05) is 0 Å². The Labute approximate surface area is 123 Å². The van der Waals surface area contributed by atoms with Crippen molar-refractivity contribution in [3.63, 3.8) is 0 Å². The first-order valence-corrected chi connectivity index (χ1v) is 7.19. The Bertz CT molecular complexity index is 627. The number of anilines is 1. The van der Waals surface area contributed by atoms with E-state index in [-0.39, 0.29) is 5.82 Å². The summed E-state index contributed by atoms with van der Waals surface area (Å²) < 4.78 is 19.2. The van der Waals surface area contributed by atoms with E-state index in [0.717, 1.165) is 18.9 Å². The van der Waals surface area contributed by atoms with Crippen molar-refractivity contribution < 1.29 is 9.13 Å². The molecule has 0 radical (unpaired) electrons. The number of nitrogens with zero attached hydrogens (tertiary/aromatic N) is 3. The smallest absolute Gasteiger partial charge is 0.132 e. The van der Waals surface area contributed by atoms with Gasteiger partial charge in [0.25, 0.3) is 0 Å². The van der Waals surface area contributed by atoms with Crippen molar-refractivity contribution in [3.05, 3.63) is 36.4 Å². The second kappa shape index (κ2) is 6.08. The summed E-state index contributed by atoms with van der Waals surface area (Å²) in [5, 5.41) is 0. The summed E-state index contributed by atoms with van der Waals surface area (Å²) >= 11 is 0. The van der Waals surface area contributed by atoms with Crippen LogP contribution < -0.4 is 9.64 Å². The van der Waals surface area contributed by atoms with Crippen LogP contribution in [0.25, 0.3) is 11.3 Å². The van der Waals surface area contributed by atoms with Crippen LogP contribution in [0.3, 0.4) is 0 Å². The summed E-state index contributed by atoms with van der Waals surface area (Å²) in [6.45, 7) is 1.99. The van der Waals surface area contributed by atoms with Crippen LogP contribution in [0.2, 0.25) is 0 Å². The standard InChI is InChI=1S/C16H18FN3O/c1-21-12-5-6-14(17)13(9-12)15-10-16(19-11-18-15)20-7-3-2-4-8-20/h5-6,9-11H,2-4,7-8H2,1H3. The molecule has 2 aromatic rings. The lowest BCUT2D eigenvalue weighted by molar-refractivity contribution is 0.414. The minimum absolute atomic E-state index is 0.306. The maximum Gasteiger partial charge on any atom is 0.132 e. The number of hydrogen-bond donors (Lipinski definition) is 0. The van der Waals surface area contributed by atoms with E-state index in [4.69, 9.17) is 4.74 Å². The molecule has 0 saturated carbocycles. The van der Waals surface area contributed by atoms with Crippen LogP contribution in [0, 0.1) is 5.82 Å². The van der Waals surface area contributed by atoms with Crippen LogP contribution in [0.1, 0.15) is 19.3 Å². The fourth-order valence-electron chi connectivity index (χ4n) is 2.62. The van der Waals surface area contributed by atoms with Crippen LogP contribution in [-0.2, 0) is 0 Å². The van der Waals surface area contributed by atoms with Crippen molar-refractivity contribution in [1.82, 2.24) is 9.97 Å². The predicted molar refractivity (Wildman–Crippen MR) is 80.0 cm³/mol. The predicted octanol–water partition coefficient (Wildman–Crippen LogP) is 3.28. The van der Waals surface area contributed by atoms with E-state index in [1.165, 1.54) is 31.7 Å². The molecule has 0 spiro atoms. The molecular formula is C16H18FN3O. The van der Waals surface area contributed by atoms with Gasteiger partial charge in [-0.25, -0.2) is 14.4 Å². The topological polar surface area (TPSA) is 38.2 Å². The number of methoxy groups -OCH3 is 1. The molecule has 0 atom stereocenters. The molecule has 1 fully saturated rings. The van der Waals surface area contributed by atoms with Crippen LogP contribution in [-0.4, -0.2) is 30.2 Å². The average molecular weight is 287 g/mol. The second-order valence-corrected chi connectivity index (χ2v) is 5.15. The van der Waals surface area contributed by atoms with E-state index in [1.54, 1.807) is 19.2 Å². The van der Waals surface area contributed by atoms with Gasteiger partial charge >= 0.3 is 0 Å². The number of hydrogen-bond acceptors (Lipinski definition) is 4. The van der Waals surface area contributed by atoms with Crippen LogP contribution >= 0.6 is 0 Å². The number of ether oxygens (including phenoxy) is 1. The van der Waals surface area contributed by atoms with Gasteiger partial charge in [-0.05, 0) is 37.5 Å². The van der Waals surface area contributed by atoms with E-state index in [2.05, 4.69) is 14.9 Å². The van der Waals surface area contributed by atoms with Gasteiger partial charge in [-0.3, -0.25) is 0 Å². The van der Waals surface area contributed by atoms with Crippen LogP contribution in [0.4, 0.5) is 10.2 Å². The van der Waals surface area contributed by atoms with Crippen LogP contribution in [0.5, 0.6) is 5.75 Å². The Morgan fingerprint density at radius 2 is 1.90 bits per heavy atom. The molecule has 3 rings (SSSR count). The summed E-state index contributed by atoms with van der Waals surface area (Å²) in [5.41, 5.74) is 1.02. The zero-order valence-electron chi connectivity index (χ0n) is 12.1. The summed E-state index contributed by atoms with van der Waals surface area (Å²) in [6, 6.07) is 6.52. The first kappa shape index (κ1) is 13.8. The molecule has 1 saturated heterocycles. The molecule has 110 valence electrons. The molecule has 1 aliphatic rings. The molecule has 4 nitrogen and oxygen atoms in total. The minimum Gasteiger partial charge on any atom is -0.497 e. The zero-order valence-corrected chi connectivity index (χ0v) is 12.1. The first-order chi connectivity index (χ1) is 10.3. The third-order valence-electron chi connectivity index (χ3n) is 3.78. The molecule has 0 unspecified atom stereocenters. The summed E-state index contributed by atoms with van der Waals surface area (Å²) in [6.07, 6.45) is 5.11. The maximum atomic E-state index is 14.0. The molecule has 0 amide bonds. The van der Waals surface area contributed by atoms with E-state index in [9.17, 15) is 4.39 Å². The number of halogens is 1. The molecule has 21 heavy (non-hydrogen) atoms. The first-order valence-electron chi connectivity index (χ1n) is 7.19. The largest absolute Gasteiger partial charge is 0.497 e. The van der Waals surface area contributed by atoms with Gasteiger partial charge in [0.2, 0.25) is 0 Å². The van der Waals surface area contributed by atoms with E-state index in [0.29, 0.717) is 17.0 Å². The van der Waals surface area contributed by atoms with Crippen molar-refractivity contribution in [2.45, 2.75) is 19.3 Å². The van der Waals surface area contributed by atoms with Crippen LogP contribution in [0.15, 0.2) is 30.6 Å². The summed E-state index contributed by atoms with van der Waals surface area (Å²) in [7, 11) is 1.57. The van der Waals surface area contributed by atoms with Gasteiger partial charge in [0.05, 0.1) is 12.8 Å². The maximum absolute atomic E-state index is 14.0. The molecule has 5 heteroatoms. The Balaban J connectivity index is 1.95. The van der Waals surface area contributed by atoms with Crippen molar-refractivity contribution >= 4 is 5.82 Å². The average Bonchev–Trinajstić information content (AvgIpc) is 2.56. The van der Waals surface area contributed by atoms with Gasteiger partial charge in [0.15, 0.2) is 0 Å². The van der Waals surface area contributed by atoms with E-state index < -0.39 is 0 Å². The highest BCUT2D eigenvalue weighted by molar-refractivity contribution is 5.65. The van der Waals surface area contributed by atoms with E-state index >= 15 is 0 Å². The van der Waals surface area contributed by atoms with Gasteiger partial charge < -0.3 is 9.64 Å². The Kier molecular flexibility index (Phi) is 3.99. The minimum atomic E-state index is -0.306. The molecular weight excluding hydrogens is 269 g/mol. The SMILES string of the molecule is COc1ccc(F)c(-c2cc(N3CCCCC3)ncn2)c1. The summed E-state index contributed by atoms with van der Waals surface area (Å²) in [4.78, 5) is 10.8. The summed E-state index contributed by atoms with van der Waals surface area (Å²) in [5.74, 6) is 1.17. The third kappa shape index (κ3) is 2.96. The Morgan fingerprint density at radius 1 is 1.10 bits per heavy atom. The quantitative estimate of drug-likeness (QED) is 0.868. The fourth-order valence-corrected chi connectivity index (χ4v) is 2.62. The molecule has 1 aromatic heterocycles. The fraction of sp³-hybridized carbons (Fsp3) is 0.375. The van der Waals surface area contributed by atoms with Gasteiger partial charge in [-0.15, -0.1) is 0 Å². The lowest BCUT2D eigenvalue weighted by atomic mass is 10.1. The second-order valence-electron chi connectivity index (χ2n) is 5.15.